The number of nitrogens with one attached hydrogen (secondary N) is 2. The van der Waals surface area contributed by atoms with Gasteiger partial charge >= 0.3 is 0 Å². The van der Waals surface area contributed by atoms with Crippen LogP contribution in [0.4, 0.5) is 0 Å². The van der Waals surface area contributed by atoms with E-state index in [9.17, 15) is 9.59 Å². The molecule has 0 radical (unpaired) electrons. The molecule has 1 fully saturated rings. The van der Waals surface area contributed by atoms with Crippen molar-refractivity contribution in [3.8, 4) is 0 Å². The molecule has 116 valence electrons. The molecule has 2 heterocycles. The van der Waals surface area contributed by atoms with Crippen molar-refractivity contribution in [1.82, 2.24) is 15.6 Å². The van der Waals surface area contributed by atoms with Gasteiger partial charge in [-0.3, -0.25) is 9.59 Å². The largest absolute Gasteiger partial charge is 0.439 e. The summed E-state index contributed by atoms with van der Waals surface area (Å²) in [5.41, 5.74) is 1.45. The molecule has 1 atom stereocenters. The van der Waals surface area contributed by atoms with Crippen LogP contribution in [0.25, 0.3) is 11.1 Å². The third kappa shape index (κ3) is 2.94. The molecule has 22 heavy (non-hydrogen) atoms. The molecule has 0 bridgehead atoms. The Hall–Kier alpha value is -2.02. The fourth-order valence-electron chi connectivity index (χ4n) is 2.15. The Balaban J connectivity index is 1.59. The van der Waals surface area contributed by atoms with Gasteiger partial charge in [0.15, 0.2) is 5.58 Å². The van der Waals surface area contributed by atoms with E-state index in [0.29, 0.717) is 17.2 Å². The highest BCUT2D eigenvalue weighted by atomic mass is 32.2. The van der Waals surface area contributed by atoms with Crippen molar-refractivity contribution < 1.29 is 14.0 Å². The van der Waals surface area contributed by atoms with E-state index >= 15 is 0 Å². The number of thioether (sulfide) groups is 1. The number of rotatable bonds is 3. The number of amides is 2. The normalized spacial score (nSPS) is 20.6. The summed E-state index contributed by atoms with van der Waals surface area (Å²) in [4.78, 5) is 28.3. The Morgan fingerprint density at radius 1 is 1.50 bits per heavy atom. The van der Waals surface area contributed by atoms with Crippen molar-refractivity contribution in [1.29, 1.82) is 0 Å². The number of para-hydroxylation sites is 2. The molecule has 0 aliphatic carbocycles. The van der Waals surface area contributed by atoms with Gasteiger partial charge in [0.25, 0.3) is 0 Å². The first kappa shape index (κ1) is 14.9. The summed E-state index contributed by atoms with van der Waals surface area (Å²) in [5, 5.41) is 5.50. The van der Waals surface area contributed by atoms with Gasteiger partial charge in [-0.15, -0.1) is 11.8 Å². The van der Waals surface area contributed by atoms with Gasteiger partial charge < -0.3 is 15.1 Å². The molecule has 2 amide bonds. The average Bonchev–Trinajstić information content (AvgIpc) is 2.90. The Bertz CT molecular complexity index is 693. The number of fused-ring (bicyclic) bond motifs is 1. The van der Waals surface area contributed by atoms with Gasteiger partial charge in [0.2, 0.25) is 17.7 Å². The molecule has 3 rings (SSSR count). The number of carbonyl (C=O) groups is 2. The maximum atomic E-state index is 12.1. The zero-order valence-corrected chi connectivity index (χ0v) is 13.2. The van der Waals surface area contributed by atoms with E-state index in [1.807, 2.05) is 38.1 Å². The first-order valence-electron chi connectivity index (χ1n) is 7.03. The molecule has 0 saturated carbocycles. The van der Waals surface area contributed by atoms with E-state index in [1.165, 1.54) is 11.8 Å². The molecule has 7 heteroatoms. The van der Waals surface area contributed by atoms with Crippen molar-refractivity contribution in [3.63, 3.8) is 0 Å². The van der Waals surface area contributed by atoms with Crippen molar-refractivity contribution in [3.05, 3.63) is 30.2 Å². The summed E-state index contributed by atoms with van der Waals surface area (Å²) in [7, 11) is 0. The summed E-state index contributed by atoms with van der Waals surface area (Å²) in [6.45, 7) is 3.90. The van der Waals surface area contributed by atoms with E-state index in [2.05, 4.69) is 15.6 Å². The van der Waals surface area contributed by atoms with E-state index in [-0.39, 0.29) is 18.4 Å². The van der Waals surface area contributed by atoms with Gasteiger partial charge in [0.05, 0.1) is 11.3 Å². The van der Waals surface area contributed by atoms with E-state index in [4.69, 9.17) is 4.42 Å². The van der Waals surface area contributed by atoms with Crippen LogP contribution in [-0.2, 0) is 16.1 Å². The van der Waals surface area contributed by atoms with Crippen LogP contribution in [0.3, 0.4) is 0 Å². The standard InChI is InChI=1S/C15H17N3O3S/c1-15(2)14(20)18-10(8-22-15)13(19)16-7-12-17-9-5-3-4-6-11(9)21-12/h3-6,10H,7-8H2,1-2H3,(H,16,19)(H,18,20). The smallest absolute Gasteiger partial charge is 0.243 e. The zero-order valence-electron chi connectivity index (χ0n) is 12.4. The SMILES string of the molecule is CC1(C)SCC(C(=O)NCc2nc3ccccc3o2)NC1=O. The first-order valence-corrected chi connectivity index (χ1v) is 8.01. The Morgan fingerprint density at radius 3 is 3.00 bits per heavy atom. The van der Waals surface area contributed by atoms with Gasteiger partial charge in [-0.1, -0.05) is 12.1 Å². The second-order valence-corrected chi connectivity index (χ2v) is 7.28. The van der Waals surface area contributed by atoms with Gasteiger partial charge in [0, 0.05) is 5.75 Å². The molecule has 1 saturated heterocycles. The minimum absolute atomic E-state index is 0.120. The summed E-state index contributed by atoms with van der Waals surface area (Å²) in [6, 6.07) is 6.91. The number of carbonyl (C=O) groups excluding carboxylic acids is 2. The van der Waals surface area contributed by atoms with Crippen LogP contribution >= 0.6 is 11.8 Å². The Kier molecular flexibility index (Phi) is 3.82. The molecule has 6 nitrogen and oxygen atoms in total. The molecule has 1 unspecified atom stereocenters. The van der Waals surface area contributed by atoms with E-state index in [0.717, 1.165) is 5.52 Å². The number of oxazole rings is 1. The van der Waals surface area contributed by atoms with Gasteiger partial charge in [-0.05, 0) is 26.0 Å². The predicted molar refractivity (Wildman–Crippen MR) is 84.3 cm³/mol. The first-order chi connectivity index (χ1) is 10.5. The summed E-state index contributed by atoms with van der Waals surface area (Å²) >= 11 is 1.48. The third-order valence-electron chi connectivity index (χ3n) is 3.53. The number of benzene rings is 1. The molecule has 1 aromatic carbocycles. The summed E-state index contributed by atoms with van der Waals surface area (Å²) in [6.07, 6.45) is 0. The maximum absolute atomic E-state index is 12.1. The highest BCUT2D eigenvalue weighted by molar-refractivity contribution is 8.01. The van der Waals surface area contributed by atoms with Crippen LogP contribution in [0.15, 0.2) is 28.7 Å². The lowest BCUT2D eigenvalue weighted by atomic mass is 10.1. The van der Waals surface area contributed by atoms with Gasteiger partial charge in [-0.2, -0.15) is 0 Å². The maximum Gasteiger partial charge on any atom is 0.243 e. The monoisotopic (exact) mass is 319 g/mol. The Morgan fingerprint density at radius 2 is 2.27 bits per heavy atom. The molecule has 2 N–H and O–H groups in total. The van der Waals surface area contributed by atoms with Crippen molar-refractivity contribution in [2.45, 2.75) is 31.2 Å². The molecule has 2 aromatic rings. The average molecular weight is 319 g/mol. The summed E-state index contributed by atoms with van der Waals surface area (Å²) < 4.78 is 5.05. The fourth-order valence-corrected chi connectivity index (χ4v) is 3.16. The molecule has 1 aliphatic heterocycles. The second-order valence-electron chi connectivity index (χ2n) is 5.64. The molecule has 0 spiro atoms. The second kappa shape index (κ2) is 5.64. The lowest BCUT2D eigenvalue weighted by molar-refractivity contribution is -0.129. The number of nitrogens with zero attached hydrogens (tertiary/aromatic N) is 1. The van der Waals surface area contributed by atoms with Gasteiger partial charge in [-0.25, -0.2) is 4.98 Å². The lowest BCUT2D eigenvalue weighted by Crippen LogP contribution is -2.57. The Labute approximate surface area is 132 Å². The van der Waals surface area contributed by atoms with Crippen LogP contribution in [0.1, 0.15) is 19.7 Å². The minimum Gasteiger partial charge on any atom is -0.439 e. The molecule has 1 aliphatic rings. The zero-order chi connectivity index (χ0) is 15.7. The van der Waals surface area contributed by atoms with Crippen LogP contribution < -0.4 is 10.6 Å². The highest BCUT2D eigenvalue weighted by Gasteiger charge is 2.37. The van der Waals surface area contributed by atoms with Crippen molar-refractivity contribution >= 4 is 34.7 Å². The van der Waals surface area contributed by atoms with Crippen LogP contribution in [0.2, 0.25) is 0 Å². The summed E-state index contributed by atoms with van der Waals surface area (Å²) in [5.74, 6) is 0.659. The minimum atomic E-state index is -0.519. The molecule has 1 aromatic heterocycles. The fraction of sp³-hybridized carbons (Fsp3) is 0.400. The van der Waals surface area contributed by atoms with Gasteiger partial charge in [0.1, 0.15) is 11.6 Å². The van der Waals surface area contributed by atoms with Crippen LogP contribution in [0, 0.1) is 0 Å². The topological polar surface area (TPSA) is 84.2 Å². The highest BCUT2D eigenvalue weighted by Crippen LogP contribution is 2.29. The van der Waals surface area contributed by atoms with Crippen LogP contribution in [0.5, 0.6) is 0 Å². The quantitative estimate of drug-likeness (QED) is 0.894. The van der Waals surface area contributed by atoms with Crippen molar-refractivity contribution in [2.75, 3.05) is 5.75 Å². The third-order valence-corrected chi connectivity index (χ3v) is 4.94. The number of hydrogen-bond acceptors (Lipinski definition) is 5. The van der Waals surface area contributed by atoms with E-state index in [1.54, 1.807) is 0 Å². The van der Waals surface area contributed by atoms with Crippen LogP contribution in [-0.4, -0.2) is 33.3 Å². The lowest BCUT2D eigenvalue weighted by Gasteiger charge is -2.32. The number of hydrogen-bond donors (Lipinski definition) is 2. The van der Waals surface area contributed by atoms with E-state index < -0.39 is 10.8 Å². The van der Waals surface area contributed by atoms with Crippen molar-refractivity contribution in [2.24, 2.45) is 0 Å². The predicted octanol–water partition coefficient (Wildman–Crippen LogP) is 1.45. The molecular weight excluding hydrogens is 302 g/mol. The molecular formula is C15H17N3O3S. The number of aromatic nitrogens is 1.